The second kappa shape index (κ2) is 5.53. The van der Waals surface area contributed by atoms with Gasteiger partial charge in [-0.15, -0.1) is 11.3 Å². The van der Waals surface area contributed by atoms with Gasteiger partial charge in [-0.2, -0.15) is 0 Å². The zero-order valence-corrected chi connectivity index (χ0v) is 13.4. The molecule has 1 aliphatic carbocycles. The highest BCUT2D eigenvalue weighted by molar-refractivity contribution is 7.89. The van der Waals surface area contributed by atoms with Crippen LogP contribution >= 0.6 is 11.3 Å². The molecule has 6 heteroatoms. The van der Waals surface area contributed by atoms with Gasteiger partial charge in [-0.25, -0.2) is 13.1 Å². The van der Waals surface area contributed by atoms with Gasteiger partial charge in [-0.3, -0.25) is 0 Å². The normalized spacial score (nSPS) is 21.4. The summed E-state index contributed by atoms with van der Waals surface area (Å²) in [5.41, 5.74) is 6.77. The number of rotatable bonds is 5. The van der Waals surface area contributed by atoms with E-state index >= 15 is 0 Å². The Morgan fingerprint density at radius 2 is 2.05 bits per heavy atom. The molecule has 0 aliphatic heterocycles. The first-order valence-corrected chi connectivity index (χ1v) is 9.18. The molecule has 0 saturated heterocycles. The van der Waals surface area contributed by atoms with Crippen LogP contribution in [0.2, 0.25) is 0 Å². The average Bonchev–Trinajstić information content (AvgIpc) is 3.10. The van der Waals surface area contributed by atoms with Crippen molar-refractivity contribution in [1.29, 1.82) is 0 Å². The van der Waals surface area contributed by atoms with E-state index in [1.165, 1.54) is 16.9 Å². The SMILES string of the molecule is Cc1sc(CN)cc1S(=O)(=O)NC1CC1c1ccccc1. The maximum atomic E-state index is 12.5. The minimum absolute atomic E-state index is 0.00183. The molecule has 1 aromatic heterocycles. The Hall–Kier alpha value is -1.21. The van der Waals surface area contributed by atoms with Crippen LogP contribution in [0.4, 0.5) is 0 Å². The second-order valence-electron chi connectivity index (χ2n) is 5.32. The number of sulfonamides is 1. The molecule has 0 spiro atoms. The van der Waals surface area contributed by atoms with Crippen LogP contribution < -0.4 is 10.5 Å². The Morgan fingerprint density at radius 1 is 1.33 bits per heavy atom. The van der Waals surface area contributed by atoms with Crippen molar-refractivity contribution < 1.29 is 8.42 Å². The fourth-order valence-corrected chi connectivity index (χ4v) is 5.35. The number of thiophene rings is 1. The molecular formula is C15H18N2O2S2. The maximum absolute atomic E-state index is 12.5. The van der Waals surface area contributed by atoms with Gasteiger partial charge in [0.1, 0.15) is 0 Å². The van der Waals surface area contributed by atoms with E-state index in [-0.39, 0.29) is 12.0 Å². The van der Waals surface area contributed by atoms with Crippen LogP contribution in [0.25, 0.3) is 0 Å². The zero-order chi connectivity index (χ0) is 15.0. The third kappa shape index (κ3) is 3.03. The largest absolute Gasteiger partial charge is 0.326 e. The van der Waals surface area contributed by atoms with Gasteiger partial charge >= 0.3 is 0 Å². The van der Waals surface area contributed by atoms with Gasteiger partial charge in [0, 0.05) is 28.3 Å². The van der Waals surface area contributed by atoms with Crippen molar-refractivity contribution >= 4 is 21.4 Å². The maximum Gasteiger partial charge on any atom is 0.241 e. The molecule has 1 heterocycles. The van der Waals surface area contributed by atoms with Gasteiger partial charge in [0.15, 0.2) is 0 Å². The Morgan fingerprint density at radius 3 is 2.67 bits per heavy atom. The third-order valence-electron chi connectivity index (χ3n) is 3.74. The molecule has 1 fully saturated rings. The molecule has 0 bridgehead atoms. The molecule has 0 amide bonds. The molecule has 1 saturated carbocycles. The quantitative estimate of drug-likeness (QED) is 0.887. The van der Waals surface area contributed by atoms with Crippen LogP contribution in [0, 0.1) is 6.92 Å². The molecular weight excluding hydrogens is 304 g/mol. The Kier molecular flexibility index (Phi) is 3.88. The highest BCUT2D eigenvalue weighted by atomic mass is 32.2. The molecule has 4 nitrogen and oxygen atoms in total. The topological polar surface area (TPSA) is 72.2 Å². The molecule has 3 rings (SSSR count). The number of aryl methyl sites for hydroxylation is 1. The third-order valence-corrected chi connectivity index (χ3v) is 6.56. The standard InChI is InChI=1S/C15H18N2O2S2/c1-10-15(7-12(9-16)20-10)21(18,19)17-14-8-13(14)11-5-3-2-4-6-11/h2-7,13-14,17H,8-9,16H2,1H3. The van der Waals surface area contributed by atoms with E-state index in [1.807, 2.05) is 37.3 Å². The smallest absolute Gasteiger partial charge is 0.241 e. The first kappa shape index (κ1) is 14.7. The number of hydrogen-bond donors (Lipinski definition) is 2. The first-order valence-electron chi connectivity index (χ1n) is 6.88. The van der Waals surface area contributed by atoms with Crippen LogP contribution in [0.1, 0.15) is 27.7 Å². The van der Waals surface area contributed by atoms with E-state index in [9.17, 15) is 8.42 Å². The van der Waals surface area contributed by atoms with Crippen molar-refractivity contribution in [3.05, 3.63) is 51.7 Å². The number of hydrogen-bond acceptors (Lipinski definition) is 4. The molecule has 2 unspecified atom stereocenters. The predicted molar refractivity (Wildman–Crippen MR) is 84.9 cm³/mol. The van der Waals surface area contributed by atoms with Crippen molar-refractivity contribution in [1.82, 2.24) is 4.72 Å². The summed E-state index contributed by atoms with van der Waals surface area (Å²) in [6.45, 7) is 2.19. The van der Waals surface area contributed by atoms with Crippen LogP contribution in [-0.2, 0) is 16.6 Å². The Labute approximate surface area is 129 Å². The lowest BCUT2D eigenvalue weighted by Gasteiger charge is -2.06. The van der Waals surface area contributed by atoms with Crippen LogP contribution in [0.5, 0.6) is 0 Å². The minimum Gasteiger partial charge on any atom is -0.326 e. The molecule has 1 aromatic carbocycles. The van der Waals surface area contributed by atoms with E-state index in [1.54, 1.807) is 6.07 Å². The summed E-state index contributed by atoms with van der Waals surface area (Å²) in [4.78, 5) is 2.05. The summed E-state index contributed by atoms with van der Waals surface area (Å²) in [5, 5.41) is 0. The first-order chi connectivity index (χ1) is 10.0. The van der Waals surface area contributed by atoms with Crippen molar-refractivity contribution in [3.8, 4) is 0 Å². The predicted octanol–water partition coefficient (Wildman–Crippen LogP) is 2.35. The van der Waals surface area contributed by atoms with Gasteiger partial charge in [0.25, 0.3) is 0 Å². The van der Waals surface area contributed by atoms with Crippen molar-refractivity contribution in [2.24, 2.45) is 5.73 Å². The summed E-state index contributed by atoms with van der Waals surface area (Å²) >= 11 is 1.44. The summed E-state index contributed by atoms with van der Waals surface area (Å²) in [5.74, 6) is 0.286. The zero-order valence-electron chi connectivity index (χ0n) is 11.7. The lowest BCUT2D eigenvalue weighted by atomic mass is 10.1. The molecule has 2 aromatic rings. The number of nitrogens with two attached hydrogens (primary N) is 1. The minimum atomic E-state index is -3.45. The van der Waals surface area contributed by atoms with E-state index in [0.29, 0.717) is 11.4 Å². The van der Waals surface area contributed by atoms with Gasteiger partial charge < -0.3 is 5.73 Å². The van der Waals surface area contributed by atoms with Crippen LogP contribution in [0.3, 0.4) is 0 Å². The van der Waals surface area contributed by atoms with Gasteiger partial charge in [0.2, 0.25) is 10.0 Å². The molecule has 21 heavy (non-hydrogen) atoms. The highest BCUT2D eigenvalue weighted by Crippen LogP contribution is 2.41. The molecule has 2 atom stereocenters. The van der Waals surface area contributed by atoms with Gasteiger partial charge in [-0.1, -0.05) is 30.3 Å². The van der Waals surface area contributed by atoms with Crippen molar-refractivity contribution in [3.63, 3.8) is 0 Å². The molecule has 112 valence electrons. The fraction of sp³-hybridized carbons (Fsp3) is 0.333. The lowest BCUT2D eigenvalue weighted by Crippen LogP contribution is -2.27. The van der Waals surface area contributed by atoms with E-state index in [0.717, 1.165) is 16.2 Å². The van der Waals surface area contributed by atoms with E-state index in [2.05, 4.69) is 4.72 Å². The Bertz CT molecular complexity index is 738. The van der Waals surface area contributed by atoms with Crippen LogP contribution in [0.15, 0.2) is 41.3 Å². The molecule has 0 radical (unpaired) electrons. The van der Waals surface area contributed by atoms with Gasteiger partial charge in [-0.05, 0) is 25.0 Å². The Balaban J connectivity index is 1.75. The monoisotopic (exact) mass is 322 g/mol. The molecule has 1 aliphatic rings. The van der Waals surface area contributed by atoms with E-state index in [4.69, 9.17) is 5.73 Å². The summed E-state index contributed by atoms with van der Waals surface area (Å²) < 4.78 is 27.7. The highest BCUT2D eigenvalue weighted by Gasteiger charge is 2.41. The van der Waals surface area contributed by atoms with Crippen molar-refractivity contribution in [2.45, 2.75) is 36.7 Å². The number of benzene rings is 1. The summed E-state index contributed by atoms with van der Waals surface area (Å²) in [7, 11) is -3.45. The van der Waals surface area contributed by atoms with Gasteiger partial charge in [0.05, 0.1) is 4.90 Å². The van der Waals surface area contributed by atoms with E-state index < -0.39 is 10.0 Å². The summed E-state index contributed by atoms with van der Waals surface area (Å²) in [6, 6.07) is 11.7. The number of nitrogens with one attached hydrogen (secondary N) is 1. The second-order valence-corrected chi connectivity index (χ2v) is 8.34. The molecule has 3 N–H and O–H groups in total. The lowest BCUT2D eigenvalue weighted by molar-refractivity contribution is 0.580. The summed E-state index contributed by atoms with van der Waals surface area (Å²) in [6.07, 6.45) is 0.857. The van der Waals surface area contributed by atoms with Crippen molar-refractivity contribution in [2.75, 3.05) is 0 Å². The average molecular weight is 322 g/mol. The fourth-order valence-electron chi connectivity index (χ4n) is 2.55. The van der Waals surface area contributed by atoms with Crippen LogP contribution in [-0.4, -0.2) is 14.5 Å².